The minimum atomic E-state index is -0.788. The molecule has 0 heterocycles. The fourth-order valence-corrected chi connectivity index (χ4v) is 4.91. The first-order valence-electron chi connectivity index (χ1n) is 10.3. The molecule has 3 atom stereocenters. The molecule has 0 saturated heterocycles. The smallest absolute Gasteiger partial charge is 0.154 e. The van der Waals surface area contributed by atoms with Gasteiger partial charge >= 0.3 is 0 Å². The van der Waals surface area contributed by atoms with Gasteiger partial charge in [-0.05, 0) is 60.6 Å². The molecule has 1 saturated carbocycles. The van der Waals surface area contributed by atoms with Gasteiger partial charge in [-0.15, -0.1) is 0 Å². The zero-order chi connectivity index (χ0) is 21.1. The first-order valence-corrected chi connectivity index (χ1v) is 10.3. The molecule has 2 rings (SSSR count). The Balaban J connectivity index is 2.09. The van der Waals surface area contributed by atoms with Crippen LogP contribution in [0.1, 0.15) is 74.4 Å². The third-order valence-electron chi connectivity index (χ3n) is 6.77. The number of aldehydes is 1. The van der Waals surface area contributed by atoms with Gasteiger partial charge in [-0.25, -0.2) is 0 Å². The molecule has 0 bridgehead atoms. The van der Waals surface area contributed by atoms with Gasteiger partial charge < -0.3 is 14.9 Å². The van der Waals surface area contributed by atoms with Crippen molar-refractivity contribution in [3.63, 3.8) is 0 Å². The van der Waals surface area contributed by atoms with Crippen molar-refractivity contribution in [2.75, 3.05) is 7.11 Å². The van der Waals surface area contributed by atoms with Crippen molar-refractivity contribution in [1.82, 2.24) is 0 Å². The zero-order valence-electron chi connectivity index (χ0n) is 18.0. The van der Waals surface area contributed by atoms with Crippen LogP contribution >= 0.6 is 0 Å². The number of carbonyl (C=O) groups is 1. The second-order valence-electron chi connectivity index (χ2n) is 9.14. The van der Waals surface area contributed by atoms with E-state index in [1.165, 1.54) is 26.4 Å². The number of hydrogen-bond donors (Lipinski definition) is 2. The molecule has 0 radical (unpaired) electrons. The monoisotopic (exact) mass is 388 g/mol. The van der Waals surface area contributed by atoms with Crippen molar-refractivity contribution in [3.8, 4) is 11.5 Å². The van der Waals surface area contributed by atoms with Gasteiger partial charge in [-0.1, -0.05) is 40.2 Å². The number of phenolic OH excluding ortho intramolecular Hbond substituents is 1. The number of methoxy groups -OCH3 is 1. The number of carbonyl (C=O) groups excluding carboxylic acids is 1. The molecule has 1 aromatic carbocycles. The Morgan fingerprint density at radius 2 is 2.14 bits per heavy atom. The van der Waals surface area contributed by atoms with Crippen LogP contribution in [0.4, 0.5) is 0 Å². The van der Waals surface area contributed by atoms with E-state index < -0.39 is 6.10 Å². The minimum absolute atomic E-state index is 0.110. The molecule has 1 aliphatic carbocycles. The number of rotatable bonds is 8. The first kappa shape index (κ1) is 22.5. The van der Waals surface area contributed by atoms with Gasteiger partial charge in [0.15, 0.2) is 6.29 Å². The normalized spacial score (nSPS) is 22.5. The van der Waals surface area contributed by atoms with Crippen LogP contribution < -0.4 is 4.74 Å². The minimum Gasteiger partial charge on any atom is -0.507 e. The molecule has 4 heteroatoms. The lowest BCUT2D eigenvalue weighted by molar-refractivity contribution is 0.0748. The predicted octanol–water partition coefficient (Wildman–Crippen LogP) is 5.22. The summed E-state index contributed by atoms with van der Waals surface area (Å²) in [5, 5.41) is 21.2. The van der Waals surface area contributed by atoms with Crippen LogP contribution in [0.2, 0.25) is 0 Å². The summed E-state index contributed by atoms with van der Waals surface area (Å²) in [5.74, 6) is 1.68. The predicted molar refractivity (Wildman–Crippen MR) is 113 cm³/mol. The Hall–Kier alpha value is -1.81. The molecular weight excluding hydrogens is 352 g/mol. The Bertz CT molecular complexity index is 720. The van der Waals surface area contributed by atoms with Crippen LogP contribution in [0.5, 0.6) is 11.5 Å². The van der Waals surface area contributed by atoms with E-state index in [2.05, 4.69) is 27.4 Å². The van der Waals surface area contributed by atoms with E-state index in [9.17, 15) is 15.0 Å². The molecule has 2 N–H and O–H groups in total. The maximum absolute atomic E-state index is 11.3. The lowest BCUT2D eigenvalue weighted by Gasteiger charge is -2.43. The number of hydrogen-bond acceptors (Lipinski definition) is 4. The number of ether oxygens (including phenoxy) is 1. The van der Waals surface area contributed by atoms with E-state index in [0.717, 1.165) is 18.4 Å². The van der Waals surface area contributed by atoms with Crippen molar-refractivity contribution in [1.29, 1.82) is 0 Å². The van der Waals surface area contributed by atoms with Crippen LogP contribution in [0.3, 0.4) is 0 Å². The number of benzene rings is 1. The van der Waals surface area contributed by atoms with Crippen molar-refractivity contribution < 1.29 is 19.7 Å². The highest BCUT2D eigenvalue weighted by atomic mass is 16.5. The van der Waals surface area contributed by atoms with Crippen molar-refractivity contribution in [3.05, 3.63) is 34.9 Å². The number of aliphatic hydroxyl groups is 1. The van der Waals surface area contributed by atoms with Gasteiger partial charge in [0.1, 0.15) is 11.5 Å². The molecule has 1 fully saturated rings. The summed E-state index contributed by atoms with van der Waals surface area (Å²) in [5.41, 5.74) is 2.43. The average molecular weight is 389 g/mol. The van der Waals surface area contributed by atoms with Crippen LogP contribution in [-0.4, -0.2) is 29.7 Å². The lowest BCUT2D eigenvalue weighted by atomic mass is 9.62. The van der Waals surface area contributed by atoms with Gasteiger partial charge in [-0.3, -0.25) is 4.79 Å². The van der Waals surface area contributed by atoms with Gasteiger partial charge in [-0.2, -0.15) is 0 Å². The summed E-state index contributed by atoms with van der Waals surface area (Å²) in [6, 6.07) is 1.72. The molecular formula is C24H36O4. The highest BCUT2D eigenvalue weighted by molar-refractivity contribution is 5.83. The third kappa shape index (κ3) is 4.78. The summed E-state index contributed by atoms with van der Waals surface area (Å²) < 4.78 is 5.37. The lowest BCUT2D eigenvalue weighted by Crippen LogP contribution is -2.34. The van der Waals surface area contributed by atoms with Crippen molar-refractivity contribution >= 4 is 6.29 Å². The average Bonchev–Trinajstić information content (AvgIpc) is 2.62. The highest BCUT2D eigenvalue weighted by Crippen LogP contribution is 2.46. The largest absolute Gasteiger partial charge is 0.507 e. The summed E-state index contributed by atoms with van der Waals surface area (Å²) in [4.78, 5) is 11.3. The molecule has 4 nitrogen and oxygen atoms in total. The topological polar surface area (TPSA) is 66.8 Å². The summed E-state index contributed by atoms with van der Waals surface area (Å²) in [6.45, 7) is 12.9. The van der Waals surface area contributed by atoms with Gasteiger partial charge in [0.2, 0.25) is 0 Å². The molecule has 1 aliphatic rings. The van der Waals surface area contributed by atoms with Crippen LogP contribution in [-0.2, 0) is 6.42 Å². The van der Waals surface area contributed by atoms with Crippen LogP contribution in [0.25, 0.3) is 0 Å². The summed E-state index contributed by atoms with van der Waals surface area (Å²) >= 11 is 0. The fourth-order valence-electron chi connectivity index (χ4n) is 4.91. The molecule has 3 unspecified atom stereocenters. The Morgan fingerprint density at radius 3 is 2.71 bits per heavy atom. The van der Waals surface area contributed by atoms with E-state index in [4.69, 9.17) is 4.74 Å². The second-order valence-corrected chi connectivity index (χ2v) is 9.14. The van der Waals surface area contributed by atoms with E-state index in [1.54, 1.807) is 13.0 Å². The quantitative estimate of drug-likeness (QED) is 0.473. The highest BCUT2D eigenvalue weighted by Gasteiger charge is 2.36. The van der Waals surface area contributed by atoms with Gasteiger partial charge in [0.05, 0.1) is 18.8 Å². The molecule has 0 aliphatic heterocycles. The Kier molecular flexibility index (Phi) is 7.33. The van der Waals surface area contributed by atoms with Gasteiger partial charge in [0, 0.05) is 12.0 Å². The SMILES string of the molecule is C=C(CCC1C(C)CCCC1(C)C)C(O)Cc1c(OC)cc(C)c(C=O)c1O. The molecule has 0 amide bonds. The zero-order valence-corrected chi connectivity index (χ0v) is 18.0. The van der Waals surface area contributed by atoms with E-state index in [1.807, 2.05) is 0 Å². The van der Waals surface area contributed by atoms with E-state index in [-0.39, 0.29) is 17.7 Å². The molecule has 1 aromatic rings. The molecule has 0 spiro atoms. The number of aryl methyl sites for hydroxylation is 1. The number of aliphatic hydroxyl groups excluding tert-OH is 1. The Labute approximate surface area is 169 Å². The van der Waals surface area contributed by atoms with Crippen molar-refractivity contribution in [2.45, 2.75) is 72.3 Å². The molecule has 156 valence electrons. The number of aromatic hydroxyl groups is 1. The molecule has 28 heavy (non-hydrogen) atoms. The fraction of sp³-hybridized carbons (Fsp3) is 0.625. The summed E-state index contributed by atoms with van der Waals surface area (Å²) in [6.07, 6.45) is 5.62. The standard InChI is InChI=1S/C24H36O4/c1-15-8-7-11-24(4,5)20(15)10-9-16(2)21(26)13-18-22(28-6)12-17(3)19(14-25)23(18)27/h12,14-15,20-21,26-27H,2,7-11,13H2,1,3-6H3. The second kappa shape index (κ2) is 9.13. The van der Waals surface area contributed by atoms with Crippen LogP contribution in [0.15, 0.2) is 18.2 Å². The number of phenols is 1. The maximum atomic E-state index is 11.3. The maximum Gasteiger partial charge on any atom is 0.154 e. The van der Waals surface area contributed by atoms with E-state index in [0.29, 0.717) is 40.4 Å². The Morgan fingerprint density at radius 1 is 1.46 bits per heavy atom. The van der Waals surface area contributed by atoms with E-state index >= 15 is 0 Å². The first-order chi connectivity index (χ1) is 13.1. The molecule has 0 aromatic heterocycles. The third-order valence-corrected chi connectivity index (χ3v) is 6.77. The van der Waals surface area contributed by atoms with Gasteiger partial charge in [0.25, 0.3) is 0 Å². The van der Waals surface area contributed by atoms with Crippen LogP contribution in [0, 0.1) is 24.2 Å². The van der Waals surface area contributed by atoms with Crippen molar-refractivity contribution in [2.24, 2.45) is 17.3 Å². The summed E-state index contributed by atoms with van der Waals surface area (Å²) in [7, 11) is 1.52.